The molecule has 0 saturated carbocycles. The minimum Gasteiger partial charge on any atom is -0.465 e. The third-order valence-electron chi connectivity index (χ3n) is 3.76. The van der Waals surface area contributed by atoms with Crippen molar-refractivity contribution in [1.29, 1.82) is 0 Å². The number of carbonyl (C=O) groups excluding carboxylic acids is 2. The highest BCUT2D eigenvalue weighted by molar-refractivity contribution is 6.29. The summed E-state index contributed by atoms with van der Waals surface area (Å²) in [4.78, 5) is 30.1. The number of hydrogen-bond acceptors (Lipinski definition) is 6. The zero-order valence-corrected chi connectivity index (χ0v) is 15.2. The fraction of sp³-hybridized carbons (Fsp3) is 0.588. The number of halogens is 1. The Hall–Kier alpha value is -1.82. The summed E-state index contributed by atoms with van der Waals surface area (Å²) >= 11 is 6.00. The smallest absolute Gasteiger partial charge is 0.338 e. The zero-order valence-electron chi connectivity index (χ0n) is 14.5. The molecule has 0 bridgehead atoms. The molecule has 24 heavy (non-hydrogen) atoms. The summed E-state index contributed by atoms with van der Waals surface area (Å²) < 4.78 is 10.2. The van der Waals surface area contributed by atoms with Crippen molar-refractivity contribution in [3.63, 3.8) is 0 Å². The van der Waals surface area contributed by atoms with Gasteiger partial charge in [0.15, 0.2) is 0 Å². The maximum atomic E-state index is 12.2. The van der Waals surface area contributed by atoms with E-state index in [1.807, 2.05) is 25.7 Å². The molecule has 132 valence electrons. The van der Waals surface area contributed by atoms with E-state index in [0.29, 0.717) is 37.3 Å². The minimum absolute atomic E-state index is 0.111. The summed E-state index contributed by atoms with van der Waals surface area (Å²) in [5.41, 5.74) is -0.111. The maximum absolute atomic E-state index is 12.2. The molecule has 0 aromatic carbocycles. The number of piperidine rings is 1. The van der Waals surface area contributed by atoms with E-state index in [-0.39, 0.29) is 17.0 Å². The third-order valence-corrected chi connectivity index (χ3v) is 3.95. The van der Waals surface area contributed by atoms with Gasteiger partial charge in [0, 0.05) is 13.1 Å². The Balaban J connectivity index is 2.03. The van der Waals surface area contributed by atoms with E-state index in [2.05, 4.69) is 4.98 Å². The molecule has 0 unspecified atom stereocenters. The predicted molar refractivity (Wildman–Crippen MR) is 91.4 cm³/mol. The zero-order chi connectivity index (χ0) is 17.9. The van der Waals surface area contributed by atoms with Crippen molar-refractivity contribution in [1.82, 2.24) is 4.98 Å². The van der Waals surface area contributed by atoms with Crippen molar-refractivity contribution in [2.24, 2.45) is 5.92 Å². The van der Waals surface area contributed by atoms with Crippen LogP contribution < -0.4 is 4.90 Å². The maximum Gasteiger partial charge on any atom is 0.338 e. The first-order valence-corrected chi connectivity index (χ1v) is 8.31. The second-order valence-electron chi connectivity index (χ2n) is 6.82. The van der Waals surface area contributed by atoms with Gasteiger partial charge in [-0.25, -0.2) is 9.78 Å². The van der Waals surface area contributed by atoms with Gasteiger partial charge in [0.05, 0.1) is 18.6 Å². The highest BCUT2D eigenvalue weighted by Gasteiger charge is 2.29. The molecule has 0 spiro atoms. The fourth-order valence-corrected chi connectivity index (χ4v) is 2.81. The van der Waals surface area contributed by atoms with Gasteiger partial charge in [-0.05, 0) is 45.7 Å². The van der Waals surface area contributed by atoms with Crippen molar-refractivity contribution in [3.8, 4) is 0 Å². The second kappa shape index (κ2) is 7.38. The van der Waals surface area contributed by atoms with Crippen LogP contribution in [0.1, 0.15) is 44.0 Å². The highest BCUT2D eigenvalue weighted by atomic mass is 35.5. The molecule has 1 aromatic heterocycles. The van der Waals surface area contributed by atoms with E-state index in [9.17, 15) is 9.59 Å². The Morgan fingerprint density at radius 1 is 1.25 bits per heavy atom. The van der Waals surface area contributed by atoms with E-state index in [0.717, 1.165) is 0 Å². The van der Waals surface area contributed by atoms with Gasteiger partial charge >= 0.3 is 11.9 Å². The molecule has 1 aromatic rings. The van der Waals surface area contributed by atoms with Crippen molar-refractivity contribution < 1.29 is 19.1 Å². The van der Waals surface area contributed by atoms with Crippen LogP contribution in [0.15, 0.2) is 12.1 Å². The summed E-state index contributed by atoms with van der Waals surface area (Å²) in [5, 5.41) is 0.238. The number of aromatic nitrogens is 1. The normalized spacial score (nSPS) is 16.0. The van der Waals surface area contributed by atoms with Gasteiger partial charge in [-0.2, -0.15) is 0 Å². The molecule has 2 rings (SSSR count). The number of rotatable bonds is 3. The van der Waals surface area contributed by atoms with Crippen molar-refractivity contribution in [3.05, 3.63) is 22.8 Å². The molecule has 1 aliphatic heterocycles. The Morgan fingerprint density at radius 2 is 1.88 bits per heavy atom. The molecule has 0 aliphatic carbocycles. The van der Waals surface area contributed by atoms with Gasteiger partial charge in [-0.1, -0.05) is 11.6 Å². The van der Waals surface area contributed by atoms with Crippen molar-refractivity contribution in [2.75, 3.05) is 25.1 Å². The number of carbonyl (C=O) groups is 2. The van der Waals surface area contributed by atoms with Gasteiger partial charge < -0.3 is 14.4 Å². The van der Waals surface area contributed by atoms with E-state index < -0.39 is 11.6 Å². The summed E-state index contributed by atoms with van der Waals surface area (Å²) in [6.07, 6.45) is 1.35. The lowest BCUT2D eigenvalue weighted by atomic mass is 9.96. The predicted octanol–water partition coefficient (Wildman–Crippen LogP) is 3.08. The summed E-state index contributed by atoms with van der Waals surface area (Å²) in [6.45, 7) is 6.90. The van der Waals surface area contributed by atoms with Crippen LogP contribution in [0.4, 0.5) is 5.82 Å². The van der Waals surface area contributed by atoms with E-state index in [1.54, 1.807) is 6.07 Å². The Bertz CT molecular complexity index is 620. The monoisotopic (exact) mass is 354 g/mol. The summed E-state index contributed by atoms with van der Waals surface area (Å²) in [7, 11) is 1.32. The Labute approximate surface area is 147 Å². The van der Waals surface area contributed by atoms with Crippen LogP contribution in [0.5, 0.6) is 0 Å². The molecule has 0 radical (unpaired) electrons. The van der Waals surface area contributed by atoms with Crippen LogP contribution in [0, 0.1) is 5.92 Å². The number of methoxy groups -OCH3 is 1. The standard InChI is InChI=1S/C17H23ClN2O4/c1-17(2,3)24-16(22)11-5-7-20(8-6-11)14-10-12(15(21)23-4)9-13(18)19-14/h9-11H,5-8H2,1-4H3. The van der Waals surface area contributed by atoms with E-state index in [1.165, 1.54) is 13.2 Å². The lowest BCUT2D eigenvalue weighted by Crippen LogP contribution is -2.39. The van der Waals surface area contributed by atoms with Gasteiger partial charge in [0.1, 0.15) is 16.6 Å². The third kappa shape index (κ3) is 4.84. The molecule has 0 amide bonds. The molecule has 6 nitrogen and oxygen atoms in total. The number of hydrogen-bond donors (Lipinski definition) is 0. The van der Waals surface area contributed by atoms with Gasteiger partial charge in [0.2, 0.25) is 0 Å². The largest absolute Gasteiger partial charge is 0.465 e. The second-order valence-corrected chi connectivity index (χ2v) is 7.21. The number of ether oxygens (including phenoxy) is 2. The molecular weight excluding hydrogens is 332 g/mol. The fourth-order valence-electron chi connectivity index (χ4n) is 2.61. The summed E-state index contributed by atoms with van der Waals surface area (Å²) in [6, 6.07) is 3.13. The van der Waals surface area contributed by atoms with E-state index >= 15 is 0 Å². The summed E-state index contributed by atoms with van der Waals surface area (Å²) in [5.74, 6) is -0.106. The molecule has 2 heterocycles. The van der Waals surface area contributed by atoms with Crippen LogP contribution in [0.3, 0.4) is 0 Å². The number of anilines is 1. The number of pyridine rings is 1. The van der Waals surface area contributed by atoms with Crippen LogP contribution in [0.2, 0.25) is 5.15 Å². The average Bonchev–Trinajstić information content (AvgIpc) is 2.52. The molecule has 1 aliphatic rings. The van der Waals surface area contributed by atoms with Crippen molar-refractivity contribution >= 4 is 29.4 Å². The molecule has 0 N–H and O–H groups in total. The molecule has 7 heteroatoms. The molecule has 0 atom stereocenters. The highest BCUT2D eigenvalue weighted by Crippen LogP contribution is 2.26. The number of esters is 2. The number of nitrogens with zero attached hydrogens (tertiary/aromatic N) is 2. The molecular formula is C17H23ClN2O4. The first kappa shape index (κ1) is 18.5. The topological polar surface area (TPSA) is 68.7 Å². The van der Waals surface area contributed by atoms with Crippen molar-refractivity contribution in [2.45, 2.75) is 39.2 Å². The van der Waals surface area contributed by atoms with Crippen LogP contribution in [-0.4, -0.2) is 42.7 Å². The van der Waals surface area contributed by atoms with E-state index in [4.69, 9.17) is 21.1 Å². The van der Waals surface area contributed by atoms with Crippen LogP contribution >= 0.6 is 11.6 Å². The van der Waals surface area contributed by atoms with Gasteiger partial charge in [-0.15, -0.1) is 0 Å². The Morgan fingerprint density at radius 3 is 2.42 bits per heavy atom. The first-order valence-electron chi connectivity index (χ1n) is 7.93. The lowest BCUT2D eigenvalue weighted by Gasteiger charge is -2.33. The van der Waals surface area contributed by atoms with Gasteiger partial charge in [-0.3, -0.25) is 4.79 Å². The Kier molecular flexibility index (Phi) is 5.70. The minimum atomic E-state index is -0.474. The SMILES string of the molecule is COC(=O)c1cc(Cl)nc(N2CCC(C(=O)OC(C)(C)C)CC2)c1. The lowest BCUT2D eigenvalue weighted by molar-refractivity contribution is -0.160. The molecule has 1 fully saturated rings. The van der Waals surface area contributed by atoms with Crippen LogP contribution in [-0.2, 0) is 14.3 Å². The first-order chi connectivity index (χ1) is 11.2. The average molecular weight is 355 g/mol. The van der Waals surface area contributed by atoms with Crippen LogP contribution in [0.25, 0.3) is 0 Å². The quantitative estimate of drug-likeness (QED) is 0.613. The molecule has 1 saturated heterocycles. The van der Waals surface area contributed by atoms with Gasteiger partial charge in [0.25, 0.3) is 0 Å².